The zero-order valence-corrected chi connectivity index (χ0v) is 11.3. The molecule has 7 nitrogen and oxygen atoms in total. The standard InChI is InChI=1S/C10H16N4O3.ClH/c1-15-9-11-8(12-10(13-9)16-2)7-14-3-5-17-6-4-14;/h3-7H2,1-2H3;1H. The normalized spacial score (nSPS) is 15.9. The maximum absolute atomic E-state index is 5.28. The molecule has 0 aromatic carbocycles. The van der Waals surface area contributed by atoms with Gasteiger partial charge in [-0.25, -0.2) is 0 Å². The van der Waals surface area contributed by atoms with Gasteiger partial charge in [0.05, 0.1) is 34.0 Å². The third kappa shape index (κ3) is 3.94. The second-order valence-electron chi connectivity index (χ2n) is 3.61. The fourth-order valence-corrected chi connectivity index (χ4v) is 1.59. The van der Waals surface area contributed by atoms with Gasteiger partial charge in [0.1, 0.15) is 0 Å². The lowest BCUT2D eigenvalue weighted by Crippen LogP contribution is -2.36. The van der Waals surface area contributed by atoms with Crippen molar-refractivity contribution >= 4 is 12.4 Å². The van der Waals surface area contributed by atoms with E-state index in [0.717, 1.165) is 26.3 Å². The molecule has 0 atom stereocenters. The van der Waals surface area contributed by atoms with Crippen LogP contribution in [-0.4, -0.2) is 60.4 Å². The second-order valence-corrected chi connectivity index (χ2v) is 3.61. The van der Waals surface area contributed by atoms with Gasteiger partial charge >= 0.3 is 12.0 Å². The van der Waals surface area contributed by atoms with E-state index in [4.69, 9.17) is 14.2 Å². The number of methoxy groups -OCH3 is 2. The molecule has 0 amide bonds. The van der Waals surface area contributed by atoms with E-state index in [2.05, 4.69) is 19.9 Å². The quantitative estimate of drug-likeness (QED) is 0.775. The number of hydrogen-bond donors (Lipinski definition) is 0. The first-order valence-corrected chi connectivity index (χ1v) is 5.45. The minimum absolute atomic E-state index is 0. The molecule has 1 aromatic rings. The molecule has 1 aliphatic heterocycles. The molecule has 0 spiro atoms. The number of rotatable bonds is 4. The van der Waals surface area contributed by atoms with Gasteiger partial charge in [-0.05, 0) is 0 Å². The van der Waals surface area contributed by atoms with Crippen molar-refractivity contribution in [3.63, 3.8) is 0 Å². The summed E-state index contributed by atoms with van der Waals surface area (Å²) in [6.07, 6.45) is 0. The average Bonchev–Trinajstić information content (AvgIpc) is 2.39. The number of hydrogen-bond acceptors (Lipinski definition) is 7. The van der Waals surface area contributed by atoms with Crippen LogP contribution < -0.4 is 9.47 Å². The van der Waals surface area contributed by atoms with E-state index in [-0.39, 0.29) is 24.4 Å². The monoisotopic (exact) mass is 276 g/mol. The zero-order valence-electron chi connectivity index (χ0n) is 10.5. The van der Waals surface area contributed by atoms with E-state index in [1.54, 1.807) is 0 Å². The molecule has 1 saturated heterocycles. The molecular weight excluding hydrogens is 260 g/mol. The van der Waals surface area contributed by atoms with Crippen LogP contribution in [-0.2, 0) is 11.3 Å². The van der Waals surface area contributed by atoms with Crippen molar-refractivity contribution in [1.82, 2.24) is 19.9 Å². The van der Waals surface area contributed by atoms with Gasteiger partial charge in [-0.15, -0.1) is 17.4 Å². The number of halogens is 1. The van der Waals surface area contributed by atoms with Crippen LogP contribution in [0, 0.1) is 0 Å². The Labute approximate surface area is 112 Å². The third-order valence-electron chi connectivity index (χ3n) is 2.47. The summed E-state index contributed by atoms with van der Waals surface area (Å²) in [4.78, 5) is 14.5. The van der Waals surface area contributed by atoms with E-state index >= 15 is 0 Å². The van der Waals surface area contributed by atoms with Crippen molar-refractivity contribution in [2.75, 3.05) is 40.5 Å². The third-order valence-corrected chi connectivity index (χ3v) is 2.47. The highest BCUT2D eigenvalue weighted by Crippen LogP contribution is 2.11. The number of ether oxygens (including phenoxy) is 3. The molecular formula is C10H17ClN4O3. The SMILES string of the molecule is COc1nc(CN2CCOCC2)nc(OC)n1.Cl. The van der Waals surface area contributed by atoms with Crippen LogP contribution in [0.25, 0.3) is 0 Å². The molecule has 0 saturated carbocycles. The van der Waals surface area contributed by atoms with Gasteiger partial charge in [-0.3, -0.25) is 4.90 Å². The number of aromatic nitrogens is 3. The van der Waals surface area contributed by atoms with Crippen LogP contribution >= 0.6 is 12.4 Å². The van der Waals surface area contributed by atoms with Crippen molar-refractivity contribution in [2.24, 2.45) is 0 Å². The van der Waals surface area contributed by atoms with E-state index in [1.165, 1.54) is 14.2 Å². The predicted octanol–water partition coefficient (Wildman–Crippen LogP) is 0.143. The molecule has 1 aliphatic rings. The Morgan fingerprint density at radius 3 is 2.11 bits per heavy atom. The summed E-state index contributed by atoms with van der Waals surface area (Å²) in [5, 5.41) is 0. The molecule has 18 heavy (non-hydrogen) atoms. The smallest absolute Gasteiger partial charge is 0.322 e. The Balaban J connectivity index is 0.00000162. The van der Waals surface area contributed by atoms with E-state index in [1.807, 2.05) is 0 Å². The minimum Gasteiger partial charge on any atom is -0.467 e. The lowest BCUT2D eigenvalue weighted by Gasteiger charge is -2.25. The predicted molar refractivity (Wildman–Crippen MR) is 66.3 cm³/mol. The van der Waals surface area contributed by atoms with Crippen LogP contribution in [0.5, 0.6) is 12.0 Å². The minimum atomic E-state index is 0. The van der Waals surface area contributed by atoms with Crippen LogP contribution in [0.4, 0.5) is 0 Å². The van der Waals surface area contributed by atoms with Crippen molar-refractivity contribution in [3.05, 3.63) is 5.82 Å². The molecule has 0 N–H and O–H groups in total. The molecule has 8 heteroatoms. The summed E-state index contributed by atoms with van der Waals surface area (Å²) in [5.41, 5.74) is 0. The zero-order chi connectivity index (χ0) is 12.1. The molecule has 1 fully saturated rings. The first kappa shape index (κ1) is 14.9. The highest BCUT2D eigenvalue weighted by Gasteiger charge is 2.14. The van der Waals surface area contributed by atoms with Gasteiger partial charge in [0.15, 0.2) is 5.82 Å². The van der Waals surface area contributed by atoms with E-state index < -0.39 is 0 Å². The highest BCUT2D eigenvalue weighted by atomic mass is 35.5. The van der Waals surface area contributed by atoms with Crippen molar-refractivity contribution < 1.29 is 14.2 Å². The van der Waals surface area contributed by atoms with Crippen molar-refractivity contribution in [3.8, 4) is 12.0 Å². The lowest BCUT2D eigenvalue weighted by molar-refractivity contribution is 0.0328. The van der Waals surface area contributed by atoms with Crippen LogP contribution in [0.3, 0.4) is 0 Å². The molecule has 0 radical (unpaired) electrons. The molecule has 0 aliphatic carbocycles. The summed E-state index contributed by atoms with van der Waals surface area (Å²) >= 11 is 0. The first-order chi connectivity index (χ1) is 8.31. The highest BCUT2D eigenvalue weighted by molar-refractivity contribution is 5.85. The fraction of sp³-hybridized carbons (Fsp3) is 0.700. The maximum atomic E-state index is 5.28. The molecule has 2 heterocycles. The second kappa shape index (κ2) is 7.30. The fourth-order valence-electron chi connectivity index (χ4n) is 1.59. The largest absolute Gasteiger partial charge is 0.467 e. The Morgan fingerprint density at radius 1 is 1.06 bits per heavy atom. The summed E-state index contributed by atoms with van der Waals surface area (Å²) in [6, 6.07) is 0.556. The van der Waals surface area contributed by atoms with Gasteiger partial charge in [0.2, 0.25) is 0 Å². The Morgan fingerprint density at radius 2 is 1.61 bits per heavy atom. The van der Waals surface area contributed by atoms with Crippen molar-refractivity contribution in [1.29, 1.82) is 0 Å². The van der Waals surface area contributed by atoms with Gasteiger partial charge in [-0.2, -0.15) is 9.97 Å². The summed E-state index contributed by atoms with van der Waals surface area (Å²) in [6.45, 7) is 3.92. The van der Waals surface area contributed by atoms with Crippen LogP contribution in [0.1, 0.15) is 5.82 Å². The molecule has 2 rings (SSSR count). The molecule has 1 aromatic heterocycles. The summed E-state index contributed by atoms with van der Waals surface area (Å²) < 4.78 is 15.3. The van der Waals surface area contributed by atoms with Crippen LogP contribution in [0.15, 0.2) is 0 Å². The summed E-state index contributed by atoms with van der Waals surface area (Å²) in [5.74, 6) is 0.649. The van der Waals surface area contributed by atoms with Crippen LogP contribution in [0.2, 0.25) is 0 Å². The van der Waals surface area contributed by atoms with Gasteiger partial charge in [-0.1, -0.05) is 0 Å². The number of morpholine rings is 1. The van der Waals surface area contributed by atoms with Gasteiger partial charge < -0.3 is 14.2 Å². The Kier molecular flexibility index (Phi) is 6.03. The summed E-state index contributed by atoms with van der Waals surface area (Å²) in [7, 11) is 3.04. The first-order valence-electron chi connectivity index (χ1n) is 5.45. The lowest BCUT2D eigenvalue weighted by atomic mass is 10.4. The Bertz CT molecular complexity index is 352. The van der Waals surface area contributed by atoms with E-state index in [9.17, 15) is 0 Å². The van der Waals surface area contributed by atoms with Gasteiger partial charge in [0, 0.05) is 13.1 Å². The molecule has 0 bridgehead atoms. The maximum Gasteiger partial charge on any atom is 0.322 e. The Hall–Kier alpha value is -1.18. The molecule has 0 unspecified atom stereocenters. The van der Waals surface area contributed by atoms with E-state index in [0.29, 0.717) is 12.4 Å². The molecule has 102 valence electrons. The van der Waals surface area contributed by atoms with Gasteiger partial charge in [0.25, 0.3) is 0 Å². The topological polar surface area (TPSA) is 69.6 Å². The van der Waals surface area contributed by atoms with Crippen molar-refractivity contribution in [2.45, 2.75) is 6.54 Å². The number of nitrogens with zero attached hydrogens (tertiary/aromatic N) is 4. The average molecular weight is 277 g/mol.